The number of hydrogen-bond donors (Lipinski definition) is 1. The monoisotopic (exact) mass is 550 g/mol. The van der Waals surface area contributed by atoms with Crippen LogP contribution in [0.1, 0.15) is 21.5 Å². The van der Waals surface area contributed by atoms with E-state index in [4.69, 9.17) is 21.1 Å². The van der Waals surface area contributed by atoms with E-state index in [1.54, 1.807) is 43.5 Å². The van der Waals surface area contributed by atoms with Crippen LogP contribution in [-0.4, -0.2) is 19.2 Å². The number of carbonyl (C=O) groups excluding carboxylic acids is 1. The molecule has 1 amide bonds. The summed E-state index contributed by atoms with van der Waals surface area (Å²) >= 11 is 12.8. The van der Waals surface area contributed by atoms with Crippen LogP contribution < -0.4 is 14.9 Å². The molecule has 8 heteroatoms. The van der Waals surface area contributed by atoms with Crippen LogP contribution in [0.5, 0.6) is 11.5 Å². The second kappa shape index (κ2) is 10.6. The zero-order chi connectivity index (χ0) is 21.5. The van der Waals surface area contributed by atoms with Crippen LogP contribution in [-0.2, 0) is 6.61 Å². The maximum atomic E-state index is 12.1. The van der Waals surface area contributed by atoms with Gasteiger partial charge in [0.15, 0.2) is 11.5 Å². The fourth-order valence-electron chi connectivity index (χ4n) is 2.49. The Morgan fingerprint density at radius 2 is 1.77 bits per heavy atom. The lowest BCUT2D eigenvalue weighted by molar-refractivity contribution is 0.0955. The summed E-state index contributed by atoms with van der Waals surface area (Å²) < 4.78 is 13.1. The first-order valence-electron chi connectivity index (χ1n) is 8.80. The standard InChI is InChI=1S/C22H17Br2ClN2O3/c1-29-20-10-16(12-26-27-22(28)15-4-8-18(25)9-5-15)19(24)11-21(20)30-13-14-2-6-17(23)7-3-14/h2-12H,13H2,1H3,(H,27,28)/b26-12-. The van der Waals surface area contributed by atoms with Gasteiger partial charge >= 0.3 is 0 Å². The van der Waals surface area contributed by atoms with Gasteiger partial charge in [-0.2, -0.15) is 5.10 Å². The lowest BCUT2D eigenvalue weighted by Gasteiger charge is -2.13. The average Bonchev–Trinajstić information content (AvgIpc) is 2.75. The molecule has 0 bridgehead atoms. The summed E-state index contributed by atoms with van der Waals surface area (Å²) in [6, 6.07) is 18.0. The quantitative estimate of drug-likeness (QED) is 0.280. The van der Waals surface area contributed by atoms with Gasteiger partial charge in [-0.05, 0) is 70.0 Å². The number of benzene rings is 3. The van der Waals surface area contributed by atoms with Crippen molar-refractivity contribution in [2.24, 2.45) is 5.10 Å². The summed E-state index contributed by atoms with van der Waals surface area (Å²) in [6.45, 7) is 0.403. The Kier molecular flexibility index (Phi) is 7.90. The van der Waals surface area contributed by atoms with Gasteiger partial charge in [-0.15, -0.1) is 0 Å². The molecule has 1 N–H and O–H groups in total. The minimum atomic E-state index is -0.333. The predicted octanol–water partition coefficient (Wildman–Crippen LogP) is 6.22. The van der Waals surface area contributed by atoms with Gasteiger partial charge in [0.2, 0.25) is 0 Å². The Bertz CT molecular complexity index is 1060. The molecule has 0 aliphatic rings. The largest absolute Gasteiger partial charge is 0.493 e. The Balaban J connectivity index is 1.68. The van der Waals surface area contributed by atoms with Crippen molar-refractivity contribution in [3.8, 4) is 11.5 Å². The second-order valence-corrected chi connectivity index (χ2v) is 8.35. The van der Waals surface area contributed by atoms with Crippen molar-refractivity contribution in [2.75, 3.05) is 7.11 Å². The van der Waals surface area contributed by atoms with Crippen molar-refractivity contribution in [3.63, 3.8) is 0 Å². The first-order chi connectivity index (χ1) is 14.5. The molecule has 3 rings (SSSR count). The molecule has 0 atom stereocenters. The number of nitrogens with one attached hydrogen (secondary N) is 1. The number of halogens is 3. The Morgan fingerprint density at radius 3 is 2.43 bits per heavy atom. The van der Waals surface area contributed by atoms with Crippen molar-refractivity contribution in [1.29, 1.82) is 0 Å². The van der Waals surface area contributed by atoms with Crippen molar-refractivity contribution in [2.45, 2.75) is 6.61 Å². The third kappa shape index (κ3) is 6.08. The SMILES string of the molecule is COc1cc(/C=N\NC(=O)c2ccc(Cl)cc2)c(Br)cc1OCc1ccc(Br)cc1. The van der Waals surface area contributed by atoms with Gasteiger partial charge in [-0.3, -0.25) is 4.79 Å². The molecular formula is C22H17Br2ClN2O3. The maximum Gasteiger partial charge on any atom is 0.271 e. The highest BCUT2D eigenvalue weighted by atomic mass is 79.9. The molecule has 0 aromatic heterocycles. The smallest absolute Gasteiger partial charge is 0.271 e. The zero-order valence-electron chi connectivity index (χ0n) is 15.9. The molecule has 0 aliphatic heterocycles. The van der Waals surface area contributed by atoms with Gasteiger partial charge < -0.3 is 9.47 Å². The van der Waals surface area contributed by atoms with Gasteiger partial charge in [0.1, 0.15) is 6.61 Å². The minimum absolute atomic E-state index is 0.333. The maximum absolute atomic E-state index is 12.1. The molecule has 0 saturated heterocycles. The van der Waals surface area contributed by atoms with Crippen LogP contribution in [0.15, 0.2) is 74.7 Å². The first-order valence-corrected chi connectivity index (χ1v) is 10.8. The lowest BCUT2D eigenvalue weighted by atomic mass is 10.2. The molecule has 3 aromatic rings. The van der Waals surface area contributed by atoms with Gasteiger partial charge in [-0.1, -0.05) is 39.7 Å². The van der Waals surface area contributed by atoms with Gasteiger partial charge in [0.05, 0.1) is 13.3 Å². The topological polar surface area (TPSA) is 59.9 Å². The molecule has 0 aliphatic carbocycles. The van der Waals surface area contributed by atoms with Crippen LogP contribution in [0.4, 0.5) is 0 Å². The van der Waals surface area contributed by atoms with Crippen molar-refractivity contribution in [1.82, 2.24) is 5.43 Å². The lowest BCUT2D eigenvalue weighted by Crippen LogP contribution is -2.17. The normalized spacial score (nSPS) is 10.8. The van der Waals surface area contributed by atoms with E-state index in [1.165, 1.54) is 6.21 Å². The van der Waals surface area contributed by atoms with Crippen LogP contribution >= 0.6 is 43.5 Å². The number of methoxy groups -OCH3 is 1. The summed E-state index contributed by atoms with van der Waals surface area (Å²) in [5.74, 6) is 0.816. The molecule has 0 unspecified atom stereocenters. The molecule has 0 spiro atoms. The van der Waals surface area contributed by atoms with E-state index in [0.29, 0.717) is 28.7 Å². The number of nitrogens with zero attached hydrogens (tertiary/aromatic N) is 1. The van der Waals surface area contributed by atoms with E-state index in [1.807, 2.05) is 24.3 Å². The summed E-state index contributed by atoms with van der Waals surface area (Å²) in [6.07, 6.45) is 1.53. The van der Waals surface area contributed by atoms with Gasteiger partial charge in [0, 0.05) is 25.1 Å². The summed E-state index contributed by atoms with van der Waals surface area (Å²) in [5.41, 5.74) is 4.71. The van der Waals surface area contributed by atoms with E-state index in [9.17, 15) is 4.79 Å². The molecular weight excluding hydrogens is 536 g/mol. The number of ether oxygens (including phenoxy) is 2. The molecule has 154 valence electrons. The van der Waals surface area contributed by atoms with Crippen LogP contribution in [0.2, 0.25) is 5.02 Å². The molecule has 30 heavy (non-hydrogen) atoms. The molecule has 3 aromatic carbocycles. The Labute approximate surface area is 196 Å². The predicted molar refractivity (Wildman–Crippen MR) is 126 cm³/mol. The van der Waals surface area contributed by atoms with Gasteiger partial charge in [0.25, 0.3) is 5.91 Å². The highest BCUT2D eigenvalue weighted by Crippen LogP contribution is 2.33. The first kappa shape index (κ1) is 22.3. The van der Waals surface area contributed by atoms with Crippen LogP contribution in [0, 0.1) is 0 Å². The van der Waals surface area contributed by atoms with E-state index < -0.39 is 0 Å². The third-order valence-electron chi connectivity index (χ3n) is 4.07. The fraction of sp³-hybridized carbons (Fsp3) is 0.0909. The van der Waals surface area contributed by atoms with Crippen LogP contribution in [0.3, 0.4) is 0 Å². The van der Waals surface area contributed by atoms with Gasteiger partial charge in [-0.25, -0.2) is 5.43 Å². The van der Waals surface area contributed by atoms with E-state index in [0.717, 1.165) is 20.1 Å². The number of amides is 1. The minimum Gasteiger partial charge on any atom is -0.493 e. The molecule has 0 radical (unpaired) electrons. The third-order valence-corrected chi connectivity index (χ3v) is 5.53. The fourth-order valence-corrected chi connectivity index (χ4v) is 3.31. The van der Waals surface area contributed by atoms with E-state index in [-0.39, 0.29) is 5.91 Å². The summed E-state index contributed by atoms with van der Waals surface area (Å²) in [7, 11) is 1.57. The zero-order valence-corrected chi connectivity index (χ0v) is 19.8. The van der Waals surface area contributed by atoms with E-state index >= 15 is 0 Å². The highest BCUT2D eigenvalue weighted by molar-refractivity contribution is 9.10. The number of hydrazone groups is 1. The molecule has 0 saturated carbocycles. The van der Waals surface area contributed by atoms with Crippen molar-refractivity contribution >= 4 is 55.6 Å². The highest BCUT2D eigenvalue weighted by Gasteiger charge is 2.10. The molecule has 0 heterocycles. The second-order valence-electron chi connectivity index (χ2n) is 6.15. The Hall–Kier alpha value is -2.35. The number of carbonyl (C=O) groups is 1. The average molecular weight is 553 g/mol. The number of rotatable bonds is 7. The van der Waals surface area contributed by atoms with E-state index in [2.05, 4.69) is 42.4 Å². The van der Waals surface area contributed by atoms with Crippen molar-refractivity contribution in [3.05, 3.63) is 91.3 Å². The molecule has 5 nitrogen and oxygen atoms in total. The Morgan fingerprint density at radius 1 is 1.07 bits per heavy atom. The van der Waals surface area contributed by atoms with Crippen LogP contribution in [0.25, 0.3) is 0 Å². The summed E-state index contributed by atoms with van der Waals surface area (Å²) in [5, 5.41) is 4.58. The summed E-state index contributed by atoms with van der Waals surface area (Å²) in [4.78, 5) is 12.1. The number of hydrogen-bond acceptors (Lipinski definition) is 4. The molecule has 0 fully saturated rings. The van der Waals surface area contributed by atoms with Crippen molar-refractivity contribution < 1.29 is 14.3 Å².